The first kappa shape index (κ1) is 13.5. The fourth-order valence-corrected chi connectivity index (χ4v) is 2.34. The highest BCUT2D eigenvalue weighted by Crippen LogP contribution is 2.43. The molecule has 0 saturated carbocycles. The molecule has 1 N–H and O–H groups in total. The Bertz CT molecular complexity index is 721. The van der Waals surface area contributed by atoms with Crippen LogP contribution in [-0.4, -0.2) is 16.8 Å². The molecule has 3 rings (SSSR count). The Kier molecular flexibility index (Phi) is 3.12. The van der Waals surface area contributed by atoms with Crippen molar-refractivity contribution < 1.29 is 19.7 Å². The summed E-state index contributed by atoms with van der Waals surface area (Å²) in [5.74, 6) is -0.930. The van der Waals surface area contributed by atoms with Crippen molar-refractivity contribution in [2.24, 2.45) is 0 Å². The number of ether oxygens (including phenoxy) is 1. The number of fused-ring (bicyclic) bond motifs is 1. The molecule has 4 heteroatoms. The second-order valence-electron chi connectivity index (χ2n) is 5.02. The lowest BCUT2D eigenvalue weighted by molar-refractivity contribution is -0.347. The molecule has 106 valence electrons. The summed E-state index contributed by atoms with van der Waals surface area (Å²) in [6.07, 6.45) is 0. The lowest BCUT2D eigenvalue weighted by Gasteiger charge is -2.20. The first-order chi connectivity index (χ1) is 10.0. The van der Waals surface area contributed by atoms with Gasteiger partial charge >= 0.3 is 0 Å². The molecule has 1 aliphatic rings. The minimum Gasteiger partial charge on any atom is -0.455 e. The molecule has 0 saturated heterocycles. The minimum absolute atomic E-state index is 0.0915. The second-order valence-corrected chi connectivity index (χ2v) is 5.02. The summed E-state index contributed by atoms with van der Waals surface area (Å²) in [7, 11) is 0. The molecule has 0 radical (unpaired) electrons. The van der Waals surface area contributed by atoms with Gasteiger partial charge in [0.05, 0.1) is 0 Å². The SMILES string of the molecule is C=C1c2ccc(C(=O)c3ccccc3)cc2OC1(C)OO. The van der Waals surface area contributed by atoms with E-state index in [-0.39, 0.29) is 5.78 Å². The van der Waals surface area contributed by atoms with Gasteiger partial charge in [-0.05, 0) is 6.07 Å². The van der Waals surface area contributed by atoms with Crippen LogP contribution in [0, 0.1) is 0 Å². The third-order valence-corrected chi connectivity index (χ3v) is 3.63. The van der Waals surface area contributed by atoms with E-state index in [1.54, 1.807) is 37.3 Å². The maximum Gasteiger partial charge on any atom is 0.263 e. The van der Waals surface area contributed by atoms with E-state index in [9.17, 15) is 4.79 Å². The van der Waals surface area contributed by atoms with Crippen LogP contribution in [0.4, 0.5) is 0 Å². The summed E-state index contributed by atoms with van der Waals surface area (Å²) < 4.78 is 5.56. The molecule has 0 spiro atoms. The molecule has 1 aliphatic heterocycles. The normalized spacial score (nSPS) is 20.0. The Morgan fingerprint density at radius 2 is 1.90 bits per heavy atom. The van der Waals surface area contributed by atoms with E-state index in [0.29, 0.717) is 22.4 Å². The minimum atomic E-state index is -1.31. The van der Waals surface area contributed by atoms with Crippen LogP contribution in [0.1, 0.15) is 28.4 Å². The van der Waals surface area contributed by atoms with Crippen molar-refractivity contribution in [2.75, 3.05) is 0 Å². The van der Waals surface area contributed by atoms with Crippen molar-refractivity contribution in [1.29, 1.82) is 0 Å². The zero-order valence-electron chi connectivity index (χ0n) is 11.5. The van der Waals surface area contributed by atoms with Crippen molar-refractivity contribution in [2.45, 2.75) is 12.7 Å². The summed E-state index contributed by atoms with van der Waals surface area (Å²) in [6.45, 7) is 5.42. The Hall–Kier alpha value is -2.43. The van der Waals surface area contributed by atoms with Gasteiger partial charge in [-0.25, -0.2) is 5.26 Å². The smallest absolute Gasteiger partial charge is 0.263 e. The number of hydrogen-bond acceptors (Lipinski definition) is 4. The van der Waals surface area contributed by atoms with Crippen molar-refractivity contribution in [1.82, 2.24) is 0 Å². The highest BCUT2D eigenvalue weighted by molar-refractivity contribution is 6.09. The van der Waals surface area contributed by atoms with Gasteiger partial charge in [0, 0.05) is 29.2 Å². The first-order valence-corrected chi connectivity index (χ1v) is 6.50. The Morgan fingerprint density at radius 1 is 1.19 bits per heavy atom. The molecule has 21 heavy (non-hydrogen) atoms. The van der Waals surface area contributed by atoms with Crippen LogP contribution < -0.4 is 4.74 Å². The van der Waals surface area contributed by atoms with Crippen LogP contribution in [0.5, 0.6) is 5.75 Å². The van der Waals surface area contributed by atoms with E-state index < -0.39 is 5.79 Å². The van der Waals surface area contributed by atoms with Crippen LogP contribution in [0.2, 0.25) is 0 Å². The molecule has 2 aromatic carbocycles. The quantitative estimate of drug-likeness (QED) is 0.531. The van der Waals surface area contributed by atoms with Gasteiger partial charge in [0.15, 0.2) is 5.78 Å². The number of ketones is 1. The molecular formula is C17H14O4. The van der Waals surface area contributed by atoms with E-state index in [2.05, 4.69) is 11.5 Å². The van der Waals surface area contributed by atoms with Crippen LogP contribution in [0.3, 0.4) is 0 Å². The third-order valence-electron chi connectivity index (χ3n) is 3.63. The Balaban J connectivity index is 1.98. The summed E-state index contributed by atoms with van der Waals surface area (Å²) >= 11 is 0. The van der Waals surface area contributed by atoms with Crippen LogP contribution in [0.15, 0.2) is 55.1 Å². The molecule has 1 unspecified atom stereocenters. The topological polar surface area (TPSA) is 55.8 Å². The lowest BCUT2D eigenvalue weighted by atomic mass is 9.98. The van der Waals surface area contributed by atoms with Gasteiger partial charge < -0.3 is 4.74 Å². The average molecular weight is 282 g/mol. The van der Waals surface area contributed by atoms with Gasteiger partial charge in [-0.1, -0.05) is 49.0 Å². The molecule has 0 fully saturated rings. The summed E-state index contributed by atoms with van der Waals surface area (Å²) in [5, 5.41) is 8.97. The van der Waals surface area contributed by atoms with Gasteiger partial charge in [-0.2, -0.15) is 4.89 Å². The molecule has 4 nitrogen and oxygen atoms in total. The monoisotopic (exact) mass is 282 g/mol. The molecule has 1 heterocycles. The molecular weight excluding hydrogens is 268 g/mol. The Morgan fingerprint density at radius 3 is 2.57 bits per heavy atom. The van der Waals surface area contributed by atoms with Gasteiger partial charge in [-0.15, -0.1) is 0 Å². The predicted octanol–water partition coefficient (Wildman–Crippen LogP) is 3.53. The maximum absolute atomic E-state index is 12.4. The summed E-state index contributed by atoms with van der Waals surface area (Å²) in [4.78, 5) is 16.8. The summed E-state index contributed by atoms with van der Waals surface area (Å²) in [6, 6.07) is 14.1. The van der Waals surface area contributed by atoms with Gasteiger partial charge in [0.25, 0.3) is 5.79 Å². The van der Waals surface area contributed by atoms with Gasteiger partial charge in [0.1, 0.15) is 5.75 Å². The maximum atomic E-state index is 12.4. The standard InChI is InChI=1S/C17H14O4/c1-11-14-9-8-13(10-15(14)20-17(11,2)21-19)16(18)12-6-4-3-5-7-12/h3-10,19H,1H2,2H3. The van der Waals surface area contributed by atoms with Crippen molar-refractivity contribution in [3.8, 4) is 5.75 Å². The molecule has 0 aromatic heterocycles. The lowest BCUT2D eigenvalue weighted by Crippen LogP contribution is -2.31. The average Bonchev–Trinajstić information content (AvgIpc) is 2.79. The molecule has 2 aromatic rings. The predicted molar refractivity (Wildman–Crippen MR) is 78.1 cm³/mol. The second kappa shape index (κ2) is 4.84. The van der Waals surface area contributed by atoms with Crippen LogP contribution in [-0.2, 0) is 4.89 Å². The first-order valence-electron chi connectivity index (χ1n) is 6.50. The molecule has 1 atom stereocenters. The van der Waals surface area contributed by atoms with Gasteiger partial charge in [0.2, 0.25) is 0 Å². The van der Waals surface area contributed by atoms with Crippen LogP contribution >= 0.6 is 0 Å². The highest BCUT2D eigenvalue weighted by atomic mass is 17.1. The van der Waals surface area contributed by atoms with E-state index >= 15 is 0 Å². The number of benzene rings is 2. The largest absolute Gasteiger partial charge is 0.455 e. The van der Waals surface area contributed by atoms with Crippen molar-refractivity contribution >= 4 is 11.4 Å². The van der Waals surface area contributed by atoms with E-state index in [1.807, 2.05) is 18.2 Å². The van der Waals surface area contributed by atoms with E-state index in [4.69, 9.17) is 9.99 Å². The number of rotatable bonds is 3. The number of carbonyl (C=O) groups is 1. The van der Waals surface area contributed by atoms with Gasteiger partial charge in [-0.3, -0.25) is 4.79 Å². The zero-order chi connectivity index (χ0) is 15.0. The molecule has 0 amide bonds. The third kappa shape index (κ3) is 2.14. The van der Waals surface area contributed by atoms with Crippen LogP contribution in [0.25, 0.3) is 5.57 Å². The number of carbonyl (C=O) groups excluding carboxylic acids is 1. The number of hydrogen-bond donors (Lipinski definition) is 1. The zero-order valence-corrected chi connectivity index (χ0v) is 11.5. The fraction of sp³-hybridized carbons (Fsp3) is 0.118. The highest BCUT2D eigenvalue weighted by Gasteiger charge is 2.40. The van der Waals surface area contributed by atoms with E-state index in [0.717, 1.165) is 5.56 Å². The van der Waals surface area contributed by atoms with Crippen molar-refractivity contribution in [3.63, 3.8) is 0 Å². The molecule has 0 aliphatic carbocycles. The van der Waals surface area contributed by atoms with Crippen molar-refractivity contribution in [3.05, 3.63) is 71.8 Å². The fourth-order valence-electron chi connectivity index (χ4n) is 2.34. The summed E-state index contributed by atoms with van der Waals surface area (Å²) in [5.41, 5.74) is 2.35. The molecule has 0 bridgehead atoms. The Labute approximate surface area is 122 Å². The van der Waals surface area contributed by atoms with E-state index in [1.165, 1.54) is 0 Å².